The number of halogens is 1. The number of carbonyl (C=O) groups is 2. The van der Waals surface area contributed by atoms with Crippen molar-refractivity contribution in [2.75, 3.05) is 24.3 Å². The predicted octanol–water partition coefficient (Wildman–Crippen LogP) is 5.70. The Kier molecular flexibility index (Phi) is 7.76. The van der Waals surface area contributed by atoms with Gasteiger partial charge in [0.05, 0.1) is 6.26 Å². The summed E-state index contributed by atoms with van der Waals surface area (Å²) in [6.07, 6.45) is 1.85. The maximum absolute atomic E-state index is 13.4. The van der Waals surface area contributed by atoms with Gasteiger partial charge in [-0.25, -0.2) is 4.39 Å². The van der Waals surface area contributed by atoms with E-state index in [2.05, 4.69) is 5.32 Å². The van der Waals surface area contributed by atoms with Gasteiger partial charge in [0.1, 0.15) is 5.82 Å². The Balaban J connectivity index is 1.91. The van der Waals surface area contributed by atoms with Crippen molar-refractivity contribution in [3.05, 3.63) is 83.6 Å². The number of furan rings is 1. The Bertz CT molecular complexity index is 1120. The number of nitrogens with zero attached hydrogens (tertiary/aromatic N) is 2. The second-order valence-electron chi connectivity index (χ2n) is 9.79. The van der Waals surface area contributed by atoms with Crippen LogP contribution < -0.4 is 10.2 Å². The van der Waals surface area contributed by atoms with Crippen LogP contribution in [0.3, 0.4) is 0 Å². The van der Waals surface area contributed by atoms with Crippen LogP contribution in [-0.4, -0.2) is 30.8 Å². The third-order valence-corrected chi connectivity index (χ3v) is 5.20. The molecule has 3 rings (SSSR count). The molecule has 0 aliphatic carbocycles. The van der Waals surface area contributed by atoms with E-state index in [1.165, 1.54) is 18.4 Å². The number of hydrogen-bond acceptors (Lipinski definition) is 4. The van der Waals surface area contributed by atoms with Gasteiger partial charge in [0.2, 0.25) is 5.91 Å². The van der Waals surface area contributed by atoms with E-state index in [0.29, 0.717) is 12.1 Å². The normalized spacial score (nSPS) is 11.2. The molecule has 0 unspecified atom stereocenters. The van der Waals surface area contributed by atoms with Gasteiger partial charge in [-0.3, -0.25) is 9.59 Å². The topological polar surface area (TPSA) is 65.8 Å². The molecule has 0 aliphatic heterocycles. The minimum Gasteiger partial charge on any atom is -0.459 e. The van der Waals surface area contributed by atoms with E-state index in [0.717, 1.165) is 16.8 Å². The lowest BCUT2D eigenvalue weighted by molar-refractivity contribution is -0.117. The van der Waals surface area contributed by atoms with Crippen LogP contribution in [-0.2, 0) is 17.9 Å². The summed E-state index contributed by atoms with van der Waals surface area (Å²) in [7, 11) is 3.85. The molecule has 0 fully saturated rings. The van der Waals surface area contributed by atoms with Crippen molar-refractivity contribution in [1.29, 1.82) is 0 Å². The first-order valence-electron chi connectivity index (χ1n) is 11.2. The number of anilines is 2. The summed E-state index contributed by atoms with van der Waals surface area (Å²) in [6, 6.07) is 15.0. The van der Waals surface area contributed by atoms with Gasteiger partial charge in [-0.2, -0.15) is 0 Å². The predicted molar refractivity (Wildman–Crippen MR) is 132 cm³/mol. The Labute approximate surface area is 200 Å². The average molecular weight is 466 g/mol. The van der Waals surface area contributed by atoms with Gasteiger partial charge >= 0.3 is 0 Å². The van der Waals surface area contributed by atoms with Gasteiger partial charge in [0.15, 0.2) is 5.76 Å². The average Bonchev–Trinajstić information content (AvgIpc) is 3.28. The third kappa shape index (κ3) is 6.94. The van der Waals surface area contributed by atoms with Crippen molar-refractivity contribution in [3.63, 3.8) is 0 Å². The molecule has 1 N–H and O–H groups in total. The number of rotatable bonds is 8. The minimum atomic E-state index is -0.332. The molecule has 0 saturated heterocycles. The monoisotopic (exact) mass is 465 g/mol. The Morgan fingerprint density at radius 3 is 2.29 bits per heavy atom. The summed E-state index contributed by atoms with van der Waals surface area (Å²) >= 11 is 0. The van der Waals surface area contributed by atoms with E-state index in [4.69, 9.17) is 4.42 Å². The number of amides is 2. The van der Waals surface area contributed by atoms with E-state index >= 15 is 0 Å². The fourth-order valence-corrected chi connectivity index (χ4v) is 3.68. The lowest BCUT2D eigenvalue weighted by atomic mass is 9.92. The van der Waals surface area contributed by atoms with Gasteiger partial charge in [0, 0.05) is 45.0 Å². The summed E-state index contributed by atoms with van der Waals surface area (Å²) in [5, 5.41) is 2.97. The Morgan fingerprint density at radius 1 is 1.00 bits per heavy atom. The van der Waals surface area contributed by atoms with Gasteiger partial charge in [-0.1, -0.05) is 32.9 Å². The highest BCUT2D eigenvalue weighted by Crippen LogP contribution is 2.27. The SMILES string of the molecule is CN(C)c1ccc(NC(=O)CC(C)(C)C)cc1CN(Cc1ccc(F)cc1)C(=O)c1ccco1. The molecule has 1 heterocycles. The van der Waals surface area contributed by atoms with Gasteiger partial charge in [0.25, 0.3) is 5.91 Å². The second-order valence-corrected chi connectivity index (χ2v) is 9.79. The van der Waals surface area contributed by atoms with Crippen molar-refractivity contribution in [2.45, 2.75) is 40.3 Å². The fraction of sp³-hybridized carbons (Fsp3) is 0.333. The zero-order chi connectivity index (χ0) is 24.9. The molecule has 7 heteroatoms. The smallest absolute Gasteiger partial charge is 0.290 e. The molecule has 2 aromatic carbocycles. The van der Waals surface area contributed by atoms with Crippen molar-refractivity contribution in [2.24, 2.45) is 5.41 Å². The highest BCUT2D eigenvalue weighted by atomic mass is 19.1. The number of benzene rings is 2. The molecule has 0 atom stereocenters. The Hall–Kier alpha value is -3.61. The summed E-state index contributed by atoms with van der Waals surface area (Å²) in [4.78, 5) is 29.4. The molecular weight excluding hydrogens is 433 g/mol. The van der Waals surface area contributed by atoms with E-state index < -0.39 is 0 Å². The first-order chi connectivity index (χ1) is 16.0. The first-order valence-corrected chi connectivity index (χ1v) is 11.2. The van der Waals surface area contributed by atoms with Crippen LogP contribution in [0.1, 0.15) is 48.9 Å². The van der Waals surface area contributed by atoms with Crippen LogP contribution in [0.25, 0.3) is 0 Å². The summed E-state index contributed by atoms with van der Waals surface area (Å²) in [5.74, 6) is -0.448. The van der Waals surface area contributed by atoms with Crippen LogP contribution in [0.15, 0.2) is 65.3 Å². The molecule has 6 nitrogen and oxygen atoms in total. The summed E-state index contributed by atoms with van der Waals surface area (Å²) < 4.78 is 18.8. The summed E-state index contributed by atoms with van der Waals surface area (Å²) in [6.45, 7) is 6.59. The molecule has 0 spiro atoms. The largest absolute Gasteiger partial charge is 0.459 e. The number of carbonyl (C=O) groups excluding carboxylic acids is 2. The van der Waals surface area contributed by atoms with Crippen molar-refractivity contribution in [3.8, 4) is 0 Å². The second kappa shape index (κ2) is 10.5. The lowest BCUT2D eigenvalue weighted by Gasteiger charge is -2.26. The molecule has 34 heavy (non-hydrogen) atoms. The standard InChI is InChI=1S/C27H32FN3O3/c1-27(2,3)16-25(32)29-22-12-13-23(30(4)5)20(15-22)18-31(26(33)24-7-6-14-34-24)17-19-8-10-21(28)11-9-19/h6-15H,16-18H2,1-5H3,(H,29,32). The number of nitrogens with one attached hydrogen (secondary N) is 1. The van der Waals surface area contributed by atoms with Crippen LogP contribution in [0, 0.1) is 11.2 Å². The van der Waals surface area contributed by atoms with Crippen molar-refractivity contribution >= 4 is 23.2 Å². The zero-order valence-corrected chi connectivity index (χ0v) is 20.4. The molecule has 0 aliphatic rings. The molecule has 0 radical (unpaired) electrons. The van der Waals surface area contributed by atoms with Crippen molar-refractivity contribution in [1.82, 2.24) is 4.90 Å². The minimum absolute atomic E-state index is 0.0640. The molecular formula is C27H32FN3O3. The molecule has 0 bridgehead atoms. The van der Waals surface area contributed by atoms with E-state index in [9.17, 15) is 14.0 Å². The van der Waals surface area contributed by atoms with Gasteiger partial charge in [-0.15, -0.1) is 0 Å². The maximum atomic E-state index is 13.4. The van der Waals surface area contributed by atoms with Crippen LogP contribution in [0.5, 0.6) is 0 Å². The van der Waals surface area contributed by atoms with Gasteiger partial charge < -0.3 is 19.5 Å². The third-order valence-electron chi connectivity index (χ3n) is 5.20. The van der Waals surface area contributed by atoms with Crippen LogP contribution >= 0.6 is 0 Å². The highest BCUT2D eigenvalue weighted by molar-refractivity contribution is 5.92. The van der Waals surface area contributed by atoms with Crippen LogP contribution in [0.4, 0.5) is 15.8 Å². The summed E-state index contributed by atoms with van der Waals surface area (Å²) in [5.41, 5.74) is 3.12. The quantitative estimate of drug-likeness (QED) is 0.463. The molecule has 3 aromatic rings. The molecule has 180 valence electrons. The Morgan fingerprint density at radius 2 is 1.71 bits per heavy atom. The zero-order valence-electron chi connectivity index (χ0n) is 20.4. The first kappa shape index (κ1) is 25.0. The van der Waals surface area contributed by atoms with E-state index in [-0.39, 0.29) is 41.9 Å². The van der Waals surface area contributed by atoms with E-state index in [1.54, 1.807) is 29.2 Å². The molecule has 1 aromatic heterocycles. The number of hydrogen-bond donors (Lipinski definition) is 1. The van der Waals surface area contributed by atoms with Crippen molar-refractivity contribution < 1.29 is 18.4 Å². The molecule has 2 amide bonds. The van der Waals surface area contributed by atoms with Crippen LogP contribution in [0.2, 0.25) is 0 Å². The maximum Gasteiger partial charge on any atom is 0.290 e. The molecule has 0 saturated carbocycles. The van der Waals surface area contributed by atoms with E-state index in [1.807, 2.05) is 58.0 Å². The fourth-order valence-electron chi connectivity index (χ4n) is 3.68. The lowest BCUT2D eigenvalue weighted by Crippen LogP contribution is -2.30. The highest BCUT2D eigenvalue weighted by Gasteiger charge is 2.22. The van der Waals surface area contributed by atoms with Gasteiger partial charge in [-0.05, 0) is 59.0 Å².